The highest BCUT2D eigenvalue weighted by atomic mass is 16.5. The fourth-order valence-electron chi connectivity index (χ4n) is 5.39. The number of ether oxygens (including phenoxy) is 2. The molecule has 1 aromatic carbocycles. The van der Waals surface area contributed by atoms with Crippen molar-refractivity contribution >= 4 is 23.5 Å². The van der Waals surface area contributed by atoms with Crippen LogP contribution >= 0.6 is 0 Å². The Morgan fingerprint density at radius 2 is 1.80 bits per heavy atom. The summed E-state index contributed by atoms with van der Waals surface area (Å²) in [4.78, 5) is 26.9. The highest BCUT2D eigenvalue weighted by molar-refractivity contribution is 5.91. The van der Waals surface area contributed by atoms with Crippen LogP contribution in [-0.2, 0) is 20.9 Å². The van der Waals surface area contributed by atoms with Crippen LogP contribution in [0.3, 0.4) is 0 Å². The quantitative estimate of drug-likeness (QED) is 0.314. The number of benzene rings is 1. The monoisotopic (exact) mass is 485 g/mol. The van der Waals surface area contributed by atoms with Crippen LogP contribution in [0.2, 0.25) is 0 Å². The second-order valence-corrected chi connectivity index (χ2v) is 10.2. The highest BCUT2D eigenvalue weighted by Gasteiger charge is 2.25. The van der Waals surface area contributed by atoms with Crippen LogP contribution in [-0.4, -0.2) is 59.7 Å². The number of hydrogen-bond donors (Lipinski definition) is 2. The maximum Gasteiger partial charge on any atom is 0.349 e. The molecule has 192 valence electrons. The zero-order chi connectivity index (χ0) is 24.6. The molecule has 1 aliphatic heterocycles. The summed E-state index contributed by atoms with van der Waals surface area (Å²) in [5, 5.41) is 3.18. The molecule has 0 radical (unpaired) electrons. The molecule has 8 heteroatoms. The summed E-state index contributed by atoms with van der Waals surface area (Å²) in [5.41, 5.74) is 8.10. The first-order valence-electron chi connectivity index (χ1n) is 13.3. The maximum absolute atomic E-state index is 12.5. The van der Waals surface area contributed by atoms with E-state index in [1.54, 1.807) is 4.58 Å². The normalized spacial score (nSPS) is 19.0. The number of amides is 1. The van der Waals surface area contributed by atoms with Crippen LogP contribution < -0.4 is 15.8 Å². The van der Waals surface area contributed by atoms with Crippen LogP contribution in [0.4, 0.5) is 5.69 Å². The standard InChI is InChI=1S/C27H40N4O4/c1-30(21-9-4-2-5-10-21)25(32)13-8-16-34-23-14-15-24-20(17-23)18-31(27(28)29-24)19-26(33)35-22-11-6-3-7-12-22/h14-15,17,21-22H,2-13,16,18-19H2,1H3,(H2,28,29)/p+1. The molecule has 2 saturated carbocycles. The SMILES string of the molecule is CN(C(=O)CCCOc1ccc2c(c1)C[N+](CC(=O)OC1CCCCC1)=C(N)N2)C1CCCCC1. The minimum absolute atomic E-state index is 0.0387. The predicted octanol–water partition coefficient (Wildman–Crippen LogP) is 3.77. The largest absolute Gasteiger partial charge is 0.494 e. The molecule has 0 bridgehead atoms. The van der Waals surface area contributed by atoms with Crippen LogP contribution in [0.1, 0.15) is 82.6 Å². The van der Waals surface area contributed by atoms with Crippen molar-refractivity contribution in [3.8, 4) is 5.75 Å². The third-order valence-corrected chi connectivity index (χ3v) is 7.53. The zero-order valence-corrected chi connectivity index (χ0v) is 21.1. The number of guanidine groups is 1. The zero-order valence-electron chi connectivity index (χ0n) is 21.1. The molecule has 3 aliphatic rings. The summed E-state index contributed by atoms with van der Waals surface area (Å²) in [6.07, 6.45) is 12.6. The van der Waals surface area contributed by atoms with Gasteiger partial charge in [0.15, 0.2) is 6.54 Å². The fourth-order valence-corrected chi connectivity index (χ4v) is 5.39. The van der Waals surface area contributed by atoms with E-state index in [2.05, 4.69) is 5.32 Å². The number of esters is 1. The van der Waals surface area contributed by atoms with E-state index < -0.39 is 0 Å². The van der Waals surface area contributed by atoms with Gasteiger partial charge in [0.05, 0.1) is 13.2 Å². The van der Waals surface area contributed by atoms with Crippen LogP contribution in [0.5, 0.6) is 5.75 Å². The Morgan fingerprint density at radius 1 is 1.09 bits per heavy atom. The lowest BCUT2D eigenvalue weighted by Gasteiger charge is -2.31. The van der Waals surface area contributed by atoms with Gasteiger partial charge in [-0.05, 0) is 63.1 Å². The Hall–Kier alpha value is -2.77. The summed E-state index contributed by atoms with van der Waals surface area (Å²) in [5.74, 6) is 1.17. The van der Waals surface area contributed by atoms with Gasteiger partial charge < -0.3 is 14.4 Å². The number of carbonyl (C=O) groups excluding carboxylic acids is 2. The summed E-state index contributed by atoms with van der Waals surface area (Å²) in [7, 11) is 1.94. The third kappa shape index (κ3) is 7.12. The Morgan fingerprint density at radius 3 is 2.54 bits per heavy atom. The van der Waals surface area contributed by atoms with Crippen molar-refractivity contribution in [2.24, 2.45) is 5.73 Å². The molecular weight excluding hydrogens is 444 g/mol. The molecule has 3 N–H and O–H groups in total. The van der Waals surface area contributed by atoms with Crippen molar-refractivity contribution in [2.75, 3.05) is 25.5 Å². The Labute approximate surface area is 208 Å². The smallest absolute Gasteiger partial charge is 0.349 e. The van der Waals surface area contributed by atoms with Gasteiger partial charge in [-0.25, -0.2) is 14.7 Å². The molecule has 0 saturated heterocycles. The lowest BCUT2D eigenvalue weighted by Crippen LogP contribution is -2.41. The van der Waals surface area contributed by atoms with Gasteiger partial charge in [0, 0.05) is 25.1 Å². The average Bonchev–Trinajstić information content (AvgIpc) is 2.87. The van der Waals surface area contributed by atoms with Gasteiger partial charge in [0.1, 0.15) is 17.5 Å². The molecule has 35 heavy (non-hydrogen) atoms. The third-order valence-electron chi connectivity index (χ3n) is 7.53. The van der Waals surface area contributed by atoms with E-state index in [0.29, 0.717) is 38.0 Å². The highest BCUT2D eigenvalue weighted by Crippen LogP contribution is 2.26. The summed E-state index contributed by atoms with van der Waals surface area (Å²) < 4.78 is 13.4. The van der Waals surface area contributed by atoms with Crippen molar-refractivity contribution in [1.82, 2.24) is 4.90 Å². The molecule has 2 fully saturated rings. The second-order valence-electron chi connectivity index (χ2n) is 10.2. The van der Waals surface area contributed by atoms with Gasteiger partial charge in [-0.2, -0.15) is 0 Å². The number of fused-ring (bicyclic) bond motifs is 1. The van der Waals surface area contributed by atoms with E-state index in [9.17, 15) is 9.59 Å². The van der Waals surface area contributed by atoms with Crippen molar-refractivity contribution in [3.63, 3.8) is 0 Å². The van der Waals surface area contributed by atoms with Crippen LogP contribution in [0, 0.1) is 0 Å². The molecule has 2 aliphatic carbocycles. The first-order valence-corrected chi connectivity index (χ1v) is 13.3. The molecule has 0 spiro atoms. The van der Waals surface area contributed by atoms with Crippen LogP contribution in [0.15, 0.2) is 18.2 Å². The predicted molar refractivity (Wildman–Crippen MR) is 135 cm³/mol. The molecule has 8 nitrogen and oxygen atoms in total. The van der Waals surface area contributed by atoms with Crippen molar-refractivity contribution in [1.29, 1.82) is 0 Å². The second kappa shape index (κ2) is 12.3. The topological polar surface area (TPSA) is 96.9 Å². The van der Waals surface area contributed by atoms with Crippen molar-refractivity contribution in [2.45, 2.75) is 95.7 Å². The molecule has 0 aromatic heterocycles. The Kier molecular flexibility index (Phi) is 8.88. The van der Waals surface area contributed by atoms with E-state index in [4.69, 9.17) is 15.2 Å². The van der Waals surface area contributed by atoms with Crippen molar-refractivity contribution in [3.05, 3.63) is 23.8 Å². The van der Waals surface area contributed by atoms with Gasteiger partial charge in [-0.1, -0.05) is 25.7 Å². The number of anilines is 1. The first-order chi connectivity index (χ1) is 17.0. The fraction of sp³-hybridized carbons (Fsp3) is 0.667. The van der Waals surface area contributed by atoms with Gasteiger partial charge in [-0.3, -0.25) is 10.5 Å². The Balaban J connectivity index is 1.23. The summed E-state index contributed by atoms with van der Waals surface area (Å²) in [6, 6.07) is 6.22. The minimum atomic E-state index is -0.236. The van der Waals surface area contributed by atoms with E-state index in [0.717, 1.165) is 55.5 Å². The van der Waals surface area contributed by atoms with Crippen molar-refractivity contribution < 1.29 is 23.6 Å². The van der Waals surface area contributed by atoms with Gasteiger partial charge >= 0.3 is 11.9 Å². The number of nitrogens with zero attached hydrogens (tertiary/aromatic N) is 2. The molecule has 1 amide bonds. The van der Waals surface area contributed by atoms with E-state index in [1.165, 1.54) is 25.7 Å². The molecule has 0 atom stereocenters. The number of nitrogens with one attached hydrogen (secondary N) is 1. The molecule has 0 unspecified atom stereocenters. The lowest BCUT2D eigenvalue weighted by molar-refractivity contribution is -0.536. The molecular formula is C27H41N4O4+. The average molecular weight is 486 g/mol. The number of rotatable bonds is 9. The summed E-state index contributed by atoms with van der Waals surface area (Å²) >= 11 is 0. The number of nitrogens with two attached hydrogens (primary N) is 1. The first kappa shape index (κ1) is 25.3. The minimum Gasteiger partial charge on any atom is -0.494 e. The maximum atomic E-state index is 12.5. The molecule has 1 aromatic rings. The number of hydrogen-bond acceptors (Lipinski definition) is 6. The number of carbonyl (C=O) groups is 2. The molecule has 1 heterocycles. The van der Waals surface area contributed by atoms with E-state index >= 15 is 0 Å². The van der Waals surface area contributed by atoms with E-state index in [1.807, 2.05) is 30.1 Å². The lowest BCUT2D eigenvalue weighted by atomic mass is 9.94. The molecule has 4 rings (SSSR count). The van der Waals surface area contributed by atoms with Gasteiger partial charge in [0.2, 0.25) is 5.91 Å². The van der Waals surface area contributed by atoms with E-state index in [-0.39, 0.29) is 24.5 Å². The van der Waals surface area contributed by atoms with Gasteiger partial charge in [-0.15, -0.1) is 0 Å². The Bertz CT molecular complexity index is 920. The van der Waals surface area contributed by atoms with Gasteiger partial charge in [0.25, 0.3) is 0 Å². The summed E-state index contributed by atoms with van der Waals surface area (Å²) in [6.45, 7) is 1.12. The van der Waals surface area contributed by atoms with Crippen LogP contribution in [0.25, 0.3) is 0 Å².